The standard InChI is InChI=1S/C10H15N3O3/c1-6(2)3-8(10(15)16)13-9(14)7-4-11-12-5-7/h4-6,8H,3H2,1-2H3,(H,11,12)(H,13,14)(H,15,16)/t8-/m1/s1. The summed E-state index contributed by atoms with van der Waals surface area (Å²) < 4.78 is 0. The van der Waals surface area contributed by atoms with Crippen LogP contribution in [0.3, 0.4) is 0 Å². The first-order valence-electron chi connectivity index (χ1n) is 5.03. The average molecular weight is 225 g/mol. The first kappa shape index (κ1) is 12.2. The highest BCUT2D eigenvalue weighted by molar-refractivity contribution is 5.96. The Balaban J connectivity index is 2.62. The topological polar surface area (TPSA) is 95.1 Å². The highest BCUT2D eigenvalue weighted by Gasteiger charge is 2.21. The molecule has 0 aromatic carbocycles. The summed E-state index contributed by atoms with van der Waals surface area (Å²) in [6.07, 6.45) is 3.17. The number of aliphatic carboxylic acids is 1. The van der Waals surface area contributed by atoms with Crippen molar-refractivity contribution >= 4 is 11.9 Å². The van der Waals surface area contributed by atoms with Crippen LogP contribution >= 0.6 is 0 Å². The van der Waals surface area contributed by atoms with Crippen molar-refractivity contribution in [2.45, 2.75) is 26.3 Å². The van der Waals surface area contributed by atoms with Crippen LogP contribution in [-0.2, 0) is 4.79 Å². The van der Waals surface area contributed by atoms with Crippen molar-refractivity contribution in [3.05, 3.63) is 18.0 Å². The smallest absolute Gasteiger partial charge is 0.326 e. The molecule has 0 bridgehead atoms. The molecule has 0 saturated carbocycles. The molecule has 0 radical (unpaired) electrons. The van der Waals surface area contributed by atoms with Gasteiger partial charge in [0, 0.05) is 6.20 Å². The third kappa shape index (κ3) is 3.38. The van der Waals surface area contributed by atoms with E-state index in [0.29, 0.717) is 12.0 Å². The van der Waals surface area contributed by atoms with E-state index in [1.807, 2.05) is 13.8 Å². The number of aromatic amines is 1. The van der Waals surface area contributed by atoms with E-state index in [2.05, 4.69) is 15.5 Å². The van der Waals surface area contributed by atoms with Crippen molar-refractivity contribution in [2.24, 2.45) is 5.92 Å². The summed E-state index contributed by atoms with van der Waals surface area (Å²) in [7, 11) is 0. The minimum atomic E-state index is -1.02. The Kier molecular flexibility index (Phi) is 4.04. The molecule has 1 atom stereocenters. The van der Waals surface area contributed by atoms with Gasteiger partial charge in [0.1, 0.15) is 6.04 Å². The van der Waals surface area contributed by atoms with E-state index in [1.54, 1.807) is 0 Å². The van der Waals surface area contributed by atoms with Gasteiger partial charge in [-0.2, -0.15) is 5.10 Å². The molecule has 0 aliphatic heterocycles. The fraction of sp³-hybridized carbons (Fsp3) is 0.500. The average Bonchev–Trinajstić information content (AvgIpc) is 2.68. The summed E-state index contributed by atoms with van der Waals surface area (Å²) in [6.45, 7) is 3.81. The summed E-state index contributed by atoms with van der Waals surface area (Å²) in [5.41, 5.74) is 0.329. The molecule has 6 nitrogen and oxygen atoms in total. The van der Waals surface area contributed by atoms with E-state index in [0.717, 1.165) is 0 Å². The van der Waals surface area contributed by atoms with Gasteiger partial charge < -0.3 is 10.4 Å². The van der Waals surface area contributed by atoms with E-state index in [9.17, 15) is 9.59 Å². The van der Waals surface area contributed by atoms with Gasteiger partial charge >= 0.3 is 5.97 Å². The summed E-state index contributed by atoms with van der Waals surface area (Å²) in [5.74, 6) is -1.25. The maximum atomic E-state index is 11.6. The fourth-order valence-corrected chi connectivity index (χ4v) is 1.31. The Morgan fingerprint density at radius 3 is 2.69 bits per heavy atom. The van der Waals surface area contributed by atoms with E-state index < -0.39 is 17.9 Å². The van der Waals surface area contributed by atoms with Gasteiger partial charge in [-0.3, -0.25) is 9.89 Å². The van der Waals surface area contributed by atoms with Gasteiger partial charge in [-0.1, -0.05) is 13.8 Å². The molecule has 0 unspecified atom stereocenters. The highest BCUT2D eigenvalue weighted by Crippen LogP contribution is 2.06. The van der Waals surface area contributed by atoms with E-state index in [4.69, 9.17) is 5.11 Å². The maximum Gasteiger partial charge on any atom is 0.326 e. The number of carboxylic acid groups (broad SMARTS) is 1. The van der Waals surface area contributed by atoms with Crippen molar-refractivity contribution in [3.63, 3.8) is 0 Å². The Bertz CT molecular complexity index is 359. The number of nitrogens with one attached hydrogen (secondary N) is 2. The summed E-state index contributed by atoms with van der Waals surface area (Å²) >= 11 is 0. The van der Waals surface area contributed by atoms with Crippen LogP contribution in [-0.4, -0.2) is 33.2 Å². The van der Waals surface area contributed by atoms with Gasteiger partial charge in [-0.25, -0.2) is 4.79 Å². The number of hydrogen-bond acceptors (Lipinski definition) is 3. The van der Waals surface area contributed by atoms with Crippen LogP contribution in [0.25, 0.3) is 0 Å². The molecule has 0 spiro atoms. The highest BCUT2D eigenvalue weighted by atomic mass is 16.4. The lowest BCUT2D eigenvalue weighted by Crippen LogP contribution is -2.41. The number of carbonyl (C=O) groups excluding carboxylic acids is 1. The number of carboxylic acids is 1. The zero-order valence-electron chi connectivity index (χ0n) is 9.23. The van der Waals surface area contributed by atoms with Crippen LogP contribution in [0.4, 0.5) is 0 Å². The number of rotatable bonds is 5. The van der Waals surface area contributed by atoms with Gasteiger partial charge in [0.15, 0.2) is 0 Å². The zero-order chi connectivity index (χ0) is 12.1. The molecule has 0 saturated heterocycles. The fourth-order valence-electron chi connectivity index (χ4n) is 1.31. The van der Waals surface area contributed by atoms with Gasteiger partial charge in [-0.05, 0) is 12.3 Å². The second-order valence-corrected chi connectivity index (χ2v) is 3.98. The Morgan fingerprint density at radius 1 is 1.56 bits per heavy atom. The van der Waals surface area contributed by atoms with Crippen molar-refractivity contribution in [3.8, 4) is 0 Å². The molecule has 3 N–H and O–H groups in total. The second-order valence-electron chi connectivity index (χ2n) is 3.98. The molecule has 1 heterocycles. The third-order valence-corrected chi connectivity index (χ3v) is 2.07. The lowest BCUT2D eigenvalue weighted by Gasteiger charge is -2.15. The minimum Gasteiger partial charge on any atom is -0.480 e. The van der Waals surface area contributed by atoms with Crippen LogP contribution < -0.4 is 5.32 Å². The number of nitrogens with zero attached hydrogens (tertiary/aromatic N) is 1. The quantitative estimate of drug-likeness (QED) is 0.685. The number of carbonyl (C=O) groups is 2. The Hall–Kier alpha value is -1.85. The molecule has 0 fully saturated rings. The molecule has 0 aliphatic rings. The molecule has 0 aliphatic carbocycles. The van der Waals surface area contributed by atoms with Gasteiger partial charge in [0.05, 0.1) is 11.8 Å². The van der Waals surface area contributed by atoms with Crippen molar-refractivity contribution in [1.29, 1.82) is 0 Å². The Labute approximate surface area is 93.1 Å². The monoisotopic (exact) mass is 225 g/mol. The van der Waals surface area contributed by atoms with Crippen LogP contribution in [0.5, 0.6) is 0 Å². The number of H-pyrrole nitrogens is 1. The second kappa shape index (κ2) is 5.29. The van der Waals surface area contributed by atoms with Crippen molar-refractivity contribution < 1.29 is 14.7 Å². The number of aromatic nitrogens is 2. The van der Waals surface area contributed by atoms with Crippen LogP contribution in [0.15, 0.2) is 12.4 Å². The van der Waals surface area contributed by atoms with E-state index in [1.165, 1.54) is 12.4 Å². The molecule has 1 amide bonds. The third-order valence-electron chi connectivity index (χ3n) is 2.07. The minimum absolute atomic E-state index is 0.200. The molecule has 1 aromatic rings. The number of amides is 1. The molecule has 1 aromatic heterocycles. The molecule has 1 rings (SSSR count). The van der Waals surface area contributed by atoms with Crippen molar-refractivity contribution in [1.82, 2.24) is 15.5 Å². The van der Waals surface area contributed by atoms with Crippen LogP contribution in [0, 0.1) is 5.92 Å². The lowest BCUT2D eigenvalue weighted by atomic mass is 10.0. The van der Waals surface area contributed by atoms with Crippen LogP contribution in [0.2, 0.25) is 0 Å². The summed E-state index contributed by atoms with van der Waals surface area (Å²) in [4.78, 5) is 22.5. The largest absolute Gasteiger partial charge is 0.480 e. The van der Waals surface area contributed by atoms with Gasteiger partial charge in [-0.15, -0.1) is 0 Å². The normalized spacial score (nSPS) is 12.4. The molecular formula is C10H15N3O3. The van der Waals surface area contributed by atoms with Gasteiger partial charge in [0.2, 0.25) is 0 Å². The first-order chi connectivity index (χ1) is 7.50. The molecule has 6 heteroatoms. The number of hydrogen-bond donors (Lipinski definition) is 3. The lowest BCUT2D eigenvalue weighted by molar-refractivity contribution is -0.139. The van der Waals surface area contributed by atoms with E-state index >= 15 is 0 Å². The van der Waals surface area contributed by atoms with Crippen LogP contribution in [0.1, 0.15) is 30.6 Å². The summed E-state index contributed by atoms with van der Waals surface area (Å²) in [6, 6.07) is -0.859. The maximum absolute atomic E-state index is 11.6. The zero-order valence-corrected chi connectivity index (χ0v) is 9.23. The molecule has 16 heavy (non-hydrogen) atoms. The first-order valence-corrected chi connectivity index (χ1v) is 5.03. The van der Waals surface area contributed by atoms with Gasteiger partial charge in [0.25, 0.3) is 5.91 Å². The molecule has 88 valence electrons. The predicted octanol–water partition coefficient (Wildman–Crippen LogP) is 0.639. The SMILES string of the molecule is CC(C)C[C@@H](NC(=O)c1cn[nH]c1)C(=O)O. The van der Waals surface area contributed by atoms with E-state index in [-0.39, 0.29) is 5.92 Å². The Morgan fingerprint density at radius 2 is 2.25 bits per heavy atom. The predicted molar refractivity (Wildman–Crippen MR) is 56.9 cm³/mol. The summed E-state index contributed by atoms with van der Waals surface area (Å²) in [5, 5.41) is 17.5. The van der Waals surface area contributed by atoms with Crippen molar-refractivity contribution in [2.75, 3.05) is 0 Å². The molecular weight excluding hydrogens is 210 g/mol.